The summed E-state index contributed by atoms with van der Waals surface area (Å²) in [5.41, 5.74) is 0.437. The first-order valence-corrected chi connectivity index (χ1v) is 6.29. The SMILES string of the molecule is O=C(c1ccc(F)c(Br)c1)N1CCC[C@H](O)C1. The van der Waals surface area contributed by atoms with Gasteiger partial charge in [-0.2, -0.15) is 0 Å². The van der Waals surface area contributed by atoms with Crippen LogP contribution in [0.1, 0.15) is 23.2 Å². The third-order valence-electron chi connectivity index (χ3n) is 2.85. The molecule has 5 heteroatoms. The summed E-state index contributed by atoms with van der Waals surface area (Å²) in [5.74, 6) is -0.551. The van der Waals surface area contributed by atoms with E-state index >= 15 is 0 Å². The fourth-order valence-corrected chi connectivity index (χ4v) is 2.33. The van der Waals surface area contributed by atoms with E-state index in [1.807, 2.05) is 0 Å². The summed E-state index contributed by atoms with van der Waals surface area (Å²) in [6.07, 6.45) is 1.09. The van der Waals surface area contributed by atoms with Crippen LogP contribution >= 0.6 is 15.9 Å². The Morgan fingerprint density at radius 3 is 2.94 bits per heavy atom. The number of nitrogens with zero attached hydrogens (tertiary/aromatic N) is 1. The smallest absolute Gasteiger partial charge is 0.253 e. The highest BCUT2D eigenvalue weighted by molar-refractivity contribution is 9.10. The number of carbonyl (C=O) groups is 1. The summed E-state index contributed by atoms with van der Waals surface area (Å²) >= 11 is 3.06. The molecule has 1 aliphatic rings. The van der Waals surface area contributed by atoms with Gasteiger partial charge < -0.3 is 10.0 Å². The van der Waals surface area contributed by atoms with Crippen molar-refractivity contribution < 1.29 is 14.3 Å². The maximum absolute atomic E-state index is 13.1. The Morgan fingerprint density at radius 1 is 1.53 bits per heavy atom. The zero-order valence-electron chi connectivity index (χ0n) is 9.20. The number of likely N-dealkylation sites (tertiary alicyclic amines) is 1. The zero-order valence-corrected chi connectivity index (χ0v) is 10.8. The number of aliphatic hydroxyl groups excluding tert-OH is 1. The normalized spacial score (nSPS) is 20.4. The van der Waals surface area contributed by atoms with E-state index in [0.717, 1.165) is 12.8 Å². The van der Waals surface area contributed by atoms with E-state index in [2.05, 4.69) is 15.9 Å². The van der Waals surface area contributed by atoms with E-state index in [1.165, 1.54) is 18.2 Å². The number of β-amino-alcohol motifs (C(OH)–C–C–N with tert-alkyl or cyclic N) is 1. The molecule has 1 fully saturated rings. The first-order valence-electron chi connectivity index (χ1n) is 5.50. The molecule has 1 atom stereocenters. The number of benzene rings is 1. The molecular formula is C12H13BrFNO2. The van der Waals surface area contributed by atoms with Gasteiger partial charge in [0.2, 0.25) is 0 Å². The number of hydrogen-bond donors (Lipinski definition) is 1. The van der Waals surface area contributed by atoms with Crippen molar-refractivity contribution in [2.75, 3.05) is 13.1 Å². The molecule has 1 N–H and O–H groups in total. The lowest BCUT2D eigenvalue weighted by Gasteiger charge is -2.30. The minimum Gasteiger partial charge on any atom is -0.391 e. The maximum Gasteiger partial charge on any atom is 0.253 e. The minimum atomic E-state index is -0.448. The molecule has 0 saturated carbocycles. The molecule has 3 nitrogen and oxygen atoms in total. The number of piperidine rings is 1. The van der Waals surface area contributed by atoms with E-state index in [-0.39, 0.29) is 16.2 Å². The van der Waals surface area contributed by atoms with Crippen molar-refractivity contribution in [1.29, 1.82) is 0 Å². The molecule has 0 spiro atoms. The standard InChI is InChI=1S/C12H13BrFNO2/c13-10-6-8(3-4-11(10)14)12(17)15-5-1-2-9(16)7-15/h3-4,6,9,16H,1-2,5,7H2/t9-/m0/s1. The van der Waals surface area contributed by atoms with Crippen molar-refractivity contribution in [1.82, 2.24) is 4.90 Å². The largest absolute Gasteiger partial charge is 0.391 e. The van der Waals surface area contributed by atoms with Crippen LogP contribution in [0, 0.1) is 5.82 Å². The van der Waals surface area contributed by atoms with Crippen molar-refractivity contribution >= 4 is 21.8 Å². The van der Waals surface area contributed by atoms with Crippen LogP contribution in [0.5, 0.6) is 0 Å². The second kappa shape index (κ2) is 5.14. The first-order chi connectivity index (χ1) is 8.08. The molecule has 0 radical (unpaired) electrons. The quantitative estimate of drug-likeness (QED) is 0.864. The van der Waals surface area contributed by atoms with Crippen molar-refractivity contribution in [3.05, 3.63) is 34.1 Å². The number of aliphatic hydroxyl groups is 1. The number of halogens is 2. The topological polar surface area (TPSA) is 40.5 Å². The van der Waals surface area contributed by atoms with Crippen LogP contribution in [0.3, 0.4) is 0 Å². The van der Waals surface area contributed by atoms with E-state index in [0.29, 0.717) is 18.7 Å². The molecule has 1 aliphatic heterocycles. The fourth-order valence-electron chi connectivity index (χ4n) is 1.95. The number of hydrogen-bond acceptors (Lipinski definition) is 2. The lowest BCUT2D eigenvalue weighted by Crippen LogP contribution is -2.42. The predicted molar refractivity (Wildman–Crippen MR) is 65.2 cm³/mol. The van der Waals surface area contributed by atoms with Gasteiger partial charge in [-0.1, -0.05) is 0 Å². The van der Waals surface area contributed by atoms with E-state index < -0.39 is 6.10 Å². The molecule has 92 valence electrons. The number of rotatable bonds is 1. The van der Waals surface area contributed by atoms with Gasteiger partial charge in [0.15, 0.2) is 0 Å². The van der Waals surface area contributed by atoms with Gasteiger partial charge in [-0.3, -0.25) is 4.79 Å². The molecule has 1 aromatic carbocycles. The number of amides is 1. The third-order valence-corrected chi connectivity index (χ3v) is 3.46. The molecule has 17 heavy (non-hydrogen) atoms. The highest BCUT2D eigenvalue weighted by atomic mass is 79.9. The highest BCUT2D eigenvalue weighted by Crippen LogP contribution is 2.19. The van der Waals surface area contributed by atoms with Crippen LogP contribution in [0.2, 0.25) is 0 Å². The Hall–Kier alpha value is -0.940. The summed E-state index contributed by atoms with van der Waals surface area (Å²) in [5, 5.41) is 9.51. The highest BCUT2D eigenvalue weighted by Gasteiger charge is 2.23. The van der Waals surface area contributed by atoms with Gasteiger partial charge in [0.25, 0.3) is 5.91 Å². The molecule has 1 aromatic rings. The van der Waals surface area contributed by atoms with Crippen LogP contribution in [-0.4, -0.2) is 35.1 Å². The summed E-state index contributed by atoms with van der Waals surface area (Å²) in [6, 6.07) is 4.19. The average Bonchev–Trinajstić information content (AvgIpc) is 2.32. The van der Waals surface area contributed by atoms with Crippen LogP contribution in [-0.2, 0) is 0 Å². The molecule has 1 amide bonds. The van der Waals surface area contributed by atoms with Crippen molar-refractivity contribution in [2.45, 2.75) is 18.9 Å². The Kier molecular flexibility index (Phi) is 3.79. The lowest BCUT2D eigenvalue weighted by molar-refractivity contribution is 0.0473. The van der Waals surface area contributed by atoms with Gasteiger partial charge in [-0.15, -0.1) is 0 Å². The Balaban J connectivity index is 2.15. The fraction of sp³-hybridized carbons (Fsp3) is 0.417. The van der Waals surface area contributed by atoms with E-state index in [9.17, 15) is 14.3 Å². The lowest BCUT2D eigenvalue weighted by atomic mass is 10.1. The monoisotopic (exact) mass is 301 g/mol. The van der Waals surface area contributed by atoms with Crippen LogP contribution < -0.4 is 0 Å². The van der Waals surface area contributed by atoms with Gasteiger partial charge in [0, 0.05) is 18.7 Å². The molecular weight excluding hydrogens is 289 g/mol. The molecule has 0 bridgehead atoms. The number of carbonyl (C=O) groups excluding carboxylic acids is 1. The molecule has 0 aromatic heterocycles. The molecule has 1 saturated heterocycles. The van der Waals surface area contributed by atoms with E-state index in [4.69, 9.17) is 0 Å². The molecule has 2 rings (SSSR count). The minimum absolute atomic E-state index is 0.163. The van der Waals surface area contributed by atoms with Gasteiger partial charge in [0.1, 0.15) is 5.82 Å². The first kappa shape index (κ1) is 12.5. The Bertz CT molecular complexity index is 439. The maximum atomic E-state index is 13.1. The Labute approximate surface area is 107 Å². The summed E-state index contributed by atoms with van der Waals surface area (Å²) in [4.78, 5) is 13.7. The second-order valence-electron chi connectivity index (χ2n) is 4.18. The average molecular weight is 302 g/mol. The van der Waals surface area contributed by atoms with Crippen LogP contribution in [0.15, 0.2) is 22.7 Å². The van der Waals surface area contributed by atoms with Gasteiger partial charge in [-0.05, 0) is 47.0 Å². The Morgan fingerprint density at radius 2 is 2.29 bits per heavy atom. The molecule has 0 aliphatic carbocycles. The summed E-state index contributed by atoms with van der Waals surface area (Å²) in [7, 11) is 0. The van der Waals surface area contributed by atoms with Crippen molar-refractivity contribution in [2.24, 2.45) is 0 Å². The van der Waals surface area contributed by atoms with Crippen molar-refractivity contribution in [3.8, 4) is 0 Å². The van der Waals surface area contributed by atoms with Gasteiger partial charge in [0.05, 0.1) is 10.6 Å². The molecule has 0 unspecified atom stereocenters. The van der Waals surface area contributed by atoms with Gasteiger partial charge >= 0.3 is 0 Å². The molecule has 1 heterocycles. The third kappa shape index (κ3) is 2.84. The summed E-state index contributed by atoms with van der Waals surface area (Å²) < 4.78 is 13.3. The van der Waals surface area contributed by atoms with Crippen molar-refractivity contribution in [3.63, 3.8) is 0 Å². The van der Waals surface area contributed by atoms with Gasteiger partial charge in [-0.25, -0.2) is 4.39 Å². The van der Waals surface area contributed by atoms with Crippen LogP contribution in [0.4, 0.5) is 4.39 Å². The van der Waals surface area contributed by atoms with Crippen LogP contribution in [0.25, 0.3) is 0 Å². The summed E-state index contributed by atoms with van der Waals surface area (Å²) in [6.45, 7) is 0.999. The van der Waals surface area contributed by atoms with E-state index in [1.54, 1.807) is 4.90 Å². The second-order valence-corrected chi connectivity index (χ2v) is 5.03. The predicted octanol–water partition coefficient (Wildman–Crippen LogP) is 2.19. The zero-order chi connectivity index (χ0) is 12.4.